The molecule has 10 heteroatoms. The van der Waals surface area contributed by atoms with E-state index in [1.54, 1.807) is 0 Å². The predicted octanol–water partition coefficient (Wildman–Crippen LogP) is 0.227. The highest BCUT2D eigenvalue weighted by Crippen LogP contribution is 2.20. The van der Waals surface area contributed by atoms with E-state index in [1.165, 1.54) is 6.07 Å². The average Bonchev–Trinajstić information content (AvgIpc) is 2.40. The van der Waals surface area contributed by atoms with Crippen LogP contribution in [0, 0.1) is 5.82 Å². The van der Waals surface area contributed by atoms with E-state index >= 15 is 0 Å². The number of nitrogens with one attached hydrogen (secondary N) is 3. The van der Waals surface area contributed by atoms with Crippen LogP contribution in [0.25, 0.3) is 0 Å². The molecule has 0 aromatic heterocycles. The third-order valence-electron chi connectivity index (χ3n) is 3.21. The third kappa shape index (κ3) is 4.63. The van der Waals surface area contributed by atoms with Crippen LogP contribution in [0.1, 0.15) is 12.8 Å². The maximum absolute atomic E-state index is 13.9. The second kappa shape index (κ2) is 6.49. The van der Waals surface area contributed by atoms with Crippen molar-refractivity contribution in [3.8, 4) is 0 Å². The van der Waals surface area contributed by atoms with Crippen LogP contribution in [-0.2, 0) is 20.0 Å². The Morgan fingerprint density at radius 1 is 1.18 bits per heavy atom. The summed E-state index contributed by atoms with van der Waals surface area (Å²) in [5.41, 5.74) is -0.289. The number of rotatable bonds is 5. The highest BCUT2D eigenvalue weighted by atomic mass is 32.2. The molecule has 22 heavy (non-hydrogen) atoms. The van der Waals surface area contributed by atoms with E-state index < -0.39 is 25.9 Å². The monoisotopic (exact) mass is 351 g/mol. The van der Waals surface area contributed by atoms with E-state index in [2.05, 4.69) is 10.0 Å². The van der Waals surface area contributed by atoms with E-state index in [1.807, 2.05) is 4.72 Å². The Morgan fingerprint density at radius 2 is 1.82 bits per heavy atom. The van der Waals surface area contributed by atoms with E-state index in [4.69, 9.17) is 0 Å². The van der Waals surface area contributed by atoms with Crippen LogP contribution in [0.3, 0.4) is 0 Å². The zero-order valence-corrected chi connectivity index (χ0v) is 13.6. The summed E-state index contributed by atoms with van der Waals surface area (Å²) in [4.78, 5) is -0.234. The molecule has 7 nitrogen and oxygen atoms in total. The molecule has 0 aliphatic carbocycles. The second-order valence-corrected chi connectivity index (χ2v) is 8.62. The summed E-state index contributed by atoms with van der Waals surface area (Å²) in [5, 5.41) is 3.12. The van der Waals surface area contributed by atoms with Crippen molar-refractivity contribution in [2.45, 2.75) is 23.8 Å². The molecule has 0 spiro atoms. The molecule has 0 saturated carbocycles. The quantitative estimate of drug-likeness (QED) is 0.704. The highest BCUT2D eigenvalue weighted by molar-refractivity contribution is 7.92. The molecule has 1 aromatic carbocycles. The average molecular weight is 351 g/mol. The van der Waals surface area contributed by atoms with Crippen LogP contribution in [-0.4, -0.2) is 42.2 Å². The van der Waals surface area contributed by atoms with Gasteiger partial charge in [-0.3, -0.25) is 4.72 Å². The third-order valence-corrected chi connectivity index (χ3v) is 5.32. The van der Waals surface area contributed by atoms with Crippen LogP contribution >= 0.6 is 0 Å². The molecule has 1 heterocycles. The van der Waals surface area contributed by atoms with E-state index in [-0.39, 0.29) is 16.6 Å². The van der Waals surface area contributed by atoms with Crippen LogP contribution in [0.5, 0.6) is 0 Å². The fourth-order valence-electron chi connectivity index (χ4n) is 2.17. The van der Waals surface area contributed by atoms with E-state index in [0.717, 1.165) is 31.5 Å². The predicted molar refractivity (Wildman–Crippen MR) is 81.1 cm³/mol. The second-order valence-electron chi connectivity index (χ2n) is 5.16. The van der Waals surface area contributed by atoms with E-state index in [9.17, 15) is 21.2 Å². The lowest BCUT2D eigenvalue weighted by Crippen LogP contribution is -2.42. The summed E-state index contributed by atoms with van der Waals surface area (Å²) in [5.74, 6) is -0.946. The van der Waals surface area contributed by atoms with Gasteiger partial charge < -0.3 is 5.32 Å². The van der Waals surface area contributed by atoms with Crippen molar-refractivity contribution >= 4 is 25.7 Å². The first-order valence-corrected chi connectivity index (χ1v) is 10.1. The van der Waals surface area contributed by atoms with Crippen LogP contribution < -0.4 is 14.8 Å². The van der Waals surface area contributed by atoms with Crippen molar-refractivity contribution in [2.75, 3.05) is 24.1 Å². The fraction of sp³-hybridized carbons (Fsp3) is 0.500. The first kappa shape index (κ1) is 17.1. The molecule has 124 valence electrons. The van der Waals surface area contributed by atoms with Crippen LogP contribution in [0.2, 0.25) is 0 Å². The maximum atomic E-state index is 13.9. The van der Waals surface area contributed by atoms with Crippen molar-refractivity contribution in [1.29, 1.82) is 0 Å². The number of anilines is 1. The van der Waals surface area contributed by atoms with E-state index in [0.29, 0.717) is 12.8 Å². The van der Waals surface area contributed by atoms with Gasteiger partial charge in [0, 0.05) is 6.04 Å². The van der Waals surface area contributed by atoms with Crippen LogP contribution in [0.4, 0.5) is 10.1 Å². The molecule has 1 saturated heterocycles. The van der Waals surface area contributed by atoms with Crippen molar-refractivity contribution in [1.82, 2.24) is 10.0 Å². The molecule has 2 rings (SSSR count). The largest absolute Gasteiger partial charge is 0.317 e. The Balaban J connectivity index is 2.19. The number of hydrogen-bond donors (Lipinski definition) is 3. The van der Waals surface area contributed by atoms with Gasteiger partial charge in [0.2, 0.25) is 20.0 Å². The zero-order valence-electron chi connectivity index (χ0n) is 12.0. The fourth-order valence-corrected chi connectivity index (χ4v) is 4.05. The SMILES string of the molecule is CS(=O)(=O)Nc1ccc(S(=O)(=O)NC2CCNCC2)cc1F. The first-order valence-electron chi connectivity index (χ1n) is 6.68. The molecule has 1 aromatic rings. The summed E-state index contributed by atoms with van der Waals surface area (Å²) in [7, 11) is -7.47. The smallest absolute Gasteiger partial charge is 0.240 e. The Morgan fingerprint density at radius 3 is 2.36 bits per heavy atom. The summed E-state index contributed by atoms with van der Waals surface area (Å²) in [6, 6.07) is 2.87. The summed E-state index contributed by atoms with van der Waals surface area (Å²) >= 11 is 0. The van der Waals surface area contributed by atoms with Crippen LogP contribution in [0.15, 0.2) is 23.1 Å². The molecule has 1 aliphatic heterocycles. The Hall–Kier alpha value is -1.23. The van der Waals surface area contributed by atoms with Gasteiger partial charge in [0.1, 0.15) is 5.82 Å². The molecule has 0 atom stereocenters. The van der Waals surface area contributed by atoms with Gasteiger partial charge in [-0.1, -0.05) is 0 Å². The van der Waals surface area contributed by atoms with Gasteiger partial charge in [0.05, 0.1) is 16.8 Å². The Kier molecular flexibility index (Phi) is 5.05. The van der Waals surface area contributed by atoms with Crippen molar-refractivity contribution in [3.63, 3.8) is 0 Å². The zero-order chi connectivity index (χ0) is 16.4. The number of sulfonamides is 2. The van der Waals surface area contributed by atoms with Gasteiger partial charge in [0.15, 0.2) is 0 Å². The lowest BCUT2D eigenvalue weighted by molar-refractivity contribution is 0.427. The van der Waals surface area contributed by atoms with Gasteiger partial charge in [-0.05, 0) is 44.1 Å². The number of hydrogen-bond acceptors (Lipinski definition) is 5. The van der Waals surface area contributed by atoms with Gasteiger partial charge in [0.25, 0.3) is 0 Å². The maximum Gasteiger partial charge on any atom is 0.240 e. The summed E-state index contributed by atoms with van der Waals surface area (Å²) in [6.45, 7) is 1.44. The van der Waals surface area contributed by atoms with Gasteiger partial charge in [-0.2, -0.15) is 0 Å². The van der Waals surface area contributed by atoms with Crippen molar-refractivity contribution in [3.05, 3.63) is 24.0 Å². The standard InChI is InChI=1S/C12H18FN3O4S2/c1-21(17,18)16-12-3-2-10(8-11(12)13)22(19,20)15-9-4-6-14-7-5-9/h2-3,8-9,14-16H,4-7H2,1H3. The number of piperidine rings is 1. The molecule has 1 fully saturated rings. The normalized spacial score (nSPS) is 17.4. The minimum atomic E-state index is -3.84. The van der Waals surface area contributed by atoms with Gasteiger partial charge in [-0.15, -0.1) is 0 Å². The number of benzene rings is 1. The minimum absolute atomic E-state index is 0.192. The first-order chi connectivity index (χ1) is 10.2. The molecular weight excluding hydrogens is 333 g/mol. The topological polar surface area (TPSA) is 104 Å². The molecule has 0 bridgehead atoms. The summed E-state index contributed by atoms with van der Waals surface area (Å²) < 4.78 is 65.0. The molecule has 3 N–H and O–H groups in total. The minimum Gasteiger partial charge on any atom is -0.317 e. The Bertz CT molecular complexity index is 744. The highest BCUT2D eigenvalue weighted by Gasteiger charge is 2.22. The molecule has 0 unspecified atom stereocenters. The van der Waals surface area contributed by atoms with Gasteiger partial charge >= 0.3 is 0 Å². The molecule has 0 radical (unpaired) electrons. The van der Waals surface area contributed by atoms with Crippen molar-refractivity contribution < 1.29 is 21.2 Å². The molecule has 0 amide bonds. The lowest BCUT2D eigenvalue weighted by atomic mass is 10.1. The molecular formula is C12H18FN3O4S2. The Labute approximate surface area is 129 Å². The van der Waals surface area contributed by atoms with Gasteiger partial charge in [-0.25, -0.2) is 25.9 Å². The number of halogens is 1. The molecule has 1 aliphatic rings. The summed E-state index contributed by atoms with van der Waals surface area (Å²) in [6.07, 6.45) is 2.21. The van der Waals surface area contributed by atoms with Crippen molar-refractivity contribution in [2.24, 2.45) is 0 Å². The lowest BCUT2D eigenvalue weighted by Gasteiger charge is -2.23.